The van der Waals surface area contributed by atoms with Crippen molar-refractivity contribution < 1.29 is 48.3 Å². The van der Waals surface area contributed by atoms with Gasteiger partial charge < -0.3 is 4.74 Å². The Morgan fingerprint density at radius 3 is 1.90 bits per heavy atom. The molecular weight excluding hydrogens is 492 g/mol. The normalized spacial score (nSPS) is 13.4. The highest BCUT2D eigenvalue weighted by atomic mass is 35.7. The van der Waals surface area contributed by atoms with Gasteiger partial charge in [-0.2, -0.15) is 26.3 Å². The molecule has 0 aliphatic rings. The van der Waals surface area contributed by atoms with Gasteiger partial charge in [-0.25, -0.2) is 17.2 Å². The van der Waals surface area contributed by atoms with Crippen LogP contribution in [0.25, 0.3) is 0 Å². The van der Waals surface area contributed by atoms with Gasteiger partial charge in [0.15, 0.2) is 0 Å². The van der Waals surface area contributed by atoms with Crippen molar-refractivity contribution in [1.29, 1.82) is 0 Å². The van der Waals surface area contributed by atoms with Crippen molar-refractivity contribution in [3.63, 3.8) is 0 Å². The number of thioether (sulfide) groups is 1. The van der Waals surface area contributed by atoms with Crippen LogP contribution in [0, 0.1) is 11.6 Å². The zero-order valence-electron chi connectivity index (χ0n) is 14.2. The predicted molar refractivity (Wildman–Crippen MR) is 92.6 cm³/mol. The number of rotatable bonds is 8. The summed E-state index contributed by atoms with van der Waals surface area (Å²) in [4.78, 5) is -1.76. The van der Waals surface area contributed by atoms with Crippen molar-refractivity contribution in [2.24, 2.45) is 0 Å². The van der Waals surface area contributed by atoms with E-state index < -0.39 is 59.5 Å². The summed E-state index contributed by atoms with van der Waals surface area (Å²) in [6, 6.07) is 8.91. The van der Waals surface area contributed by atoms with Gasteiger partial charge in [0.1, 0.15) is 24.0 Å². The maximum Gasteiger partial charge on any atom is 0.428 e. The van der Waals surface area contributed by atoms with Crippen LogP contribution in [0.2, 0.25) is 0 Å². The molecule has 0 unspecified atom stereocenters. The van der Waals surface area contributed by atoms with Crippen LogP contribution in [-0.4, -0.2) is 24.8 Å². The predicted octanol–water partition coefficient (Wildman–Crippen LogP) is 6.03. The number of hydrogen-bond donors (Lipinski definition) is 0. The summed E-state index contributed by atoms with van der Waals surface area (Å²) in [7, 11) is -2.39. The Hall–Kier alpha value is -1.73. The molecule has 0 saturated heterocycles. The van der Waals surface area contributed by atoms with E-state index in [0.29, 0.717) is 17.7 Å². The van der Waals surface area contributed by atoms with Crippen molar-refractivity contribution in [2.75, 3.05) is 0 Å². The number of halogens is 9. The highest BCUT2D eigenvalue weighted by Gasteiger charge is 2.77. The number of hydrogen-bond acceptors (Lipinski definition) is 4. The lowest BCUT2D eigenvalue weighted by Crippen LogP contribution is -2.55. The van der Waals surface area contributed by atoms with Gasteiger partial charge in [0.05, 0.1) is 4.90 Å². The molecule has 0 saturated carbocycles. The zero-order chi connectivity index (χ0) is 23.0. The zero-order valence-corrected chi connectivity index (χ0v) is 16.6. The second-order valence-corrected chi connectivity index (χ2v) is 9.37. The summed E-state index contributed by atoms with van der Waals surface area (Å²) in [5.74, 6) is -10.7. The van der Waals surface area contributed by atoms with E-state index in [-0.39, 0.29) is 6.61 Å². The molecule has 3 nitrogen and oxygen atoms in total. The van der Waals surface area contributed by atoms with Gasteiger partial charge in [-0.3, -0.25) is 0 Å². The third-order valence-corrected chi connectivity index (χ3v) is 6.04. The molecule has 0 fully saturated rings. The van der Waals surface area contributed by atoms with Crippen LogP contribution in [0.4, 0.5) is 35.1 Å². The molecule has 0 bridgehead atoms. The molecular formula is C16H9ClF8O3S2. The molecule has 166 valence electrons. The molecule has 0 amide bonds. The largest absolute Gasteiger partial charge is 0.489 e. The third kappa shape index (κ3) is 4.78. The monoisotopic (exact) mass is 500 g/mol. The van der Waals surface area contributed by atoms with Crippen molar-refractivity contribution in [1.82, 2.24) is 0 Å². The Morgan fingerprint density at radius 1 is 0.933 bits per heavy atom. The molecule has 30 heavy (non-hydrogen) atoms. The summed E-state index contributed by atoms with van der Waals surface area (Å²) >= 11 is -1.62. The standard InChI is InChI=1S/C16H9ClF8O3S2/c17-30(26,27)16(24,25)14(20,21)15(22,23)29-13-11(18)6-10(7-12(13)19)28-8-9-4-2-1-3-5-9/h1-7H,8H2. The fourth-order valence-electron chi connectivity index (χ4n) is 1.97. The Labute approximate surface area is 173 Å². The molecule has 2 rings (SSSR count). The fraction of sp³-hybridized carbons (Fsp3) is 0.250. The lowest BCUT2D eigenvalue weighted by atomic mass is 10.2. The van der Waals surface area contributed by atoms with Crippen molar-refractivity contribution >= 4 is 31.5 Å². The molecule has 0 N–H and O–H groups in total. The van der Waals surface area contributed by atoms with Gasteiger partial charge in [0.2, 0.25) is 0 Å². The van der Waals surface area contributed by atoms with Crippen LogP contribution in [-0.2, 0) is 15.7 Å². The maximum atomic E-state index is 14.0. The van der Waals surface area contributed by atoms with E-state index >= 15 is 0 Å². The lowest BCUT2D eigenvalue weighted by Gasteiger charge is -2.30. The summed E-state index contributed by atoms with van der Waals surface area (Å²) in [5, 5.41) is -12.4. The average molecular weight is 501 g/mol. The first-order valence-electron chi connectivity index (χ1n) is 7.52. The molecule has 0 heterocycles. The minimum atomic E-state index is -6.60. The van der Waals surface area contributed by atoms with Crippen LogP contribution in [0.5, 0.6) is 5.75 Å². The van der Waals surface area contributed by atoms with Crippen LogP contribution in [0.3, 0.4) is 0 Å². The summed E-state index contributed by atoms with van der Waals surface area (Å²) < 4.78 is 136. The number of ether oxygens (including phenoxy) is 1. The van der Waals surface area contributed by atoms with E-state index in [1.807, 2.05) is 0 Å². The van der Waals surface area contributed by atoms with Gasteiger partial charge in [-0.05, 0) is 17.3 Å². The second-order valence-electron chi connectivity index (χ2n) is 5.64. The first kappa shape index (κ1) is 24.5. The van der Waals surface area contributed by atoms with E-state index in [0.717, 1.165) is 0 Å². The van der Waals surface area contributed by atoms with Crippen LogP contribution >= 0.6 is 22.4 Å². The van der Waals surface area contributed by atoms with Crippen LogP contribution in [0.15, 0.2) is 47.4 Å². The molecule has 0 spiro atoms. The molecule has 0 aliphatic carbocycles. The summed E-state index contributed by atoms with van der Waals surface area (Å²) in [5.41, 5.74) is 0.576. The molecule has 0 aliphatic heterocycles. The first-order valence-corrected chi connectivity index (χ1v) is 10.6. The average Bonchev–Trinajstić information content (AvgIpc) is 2.62. The summed E-state index contributed by atoms with van der Waals surface area (Å²) in [6.07, 6.45) is 0. The SMILES string of the molecule is O=S(=O)(Cl)C(F)(F)C(F)(F)C(F)(F)Sc1c(F)cc(OCc2ccccc2)cc1F. The minimum Gasteiger partial charge on any atom is -0.489 e. The van der Waals surface area contributed by atoms with Gasteiger partial charge in [0, 0.05) is 22.8 Å². The Balaban J connectivity index is 2.29. The molecule has 0 radical (unpaired) electrons. The topological polar surface area (TPSA) is 43.4 Å². The van der Waals surface area contributed by atoms with Crippen LogP contribution in [0.1, 0.15) is 5.56 Å². The van der Waals surface area contributed by atoms with Gasteiger partial charge in [-0.1, -0.05) is 30.3 Å². The maximum absolute atomic E-state index is 14.0. The number of alkyl halides is 6. The Kier molecular flexibility index (Phi) is 6.89. The van der Waals surface area contributed by atoms with Gasteiger partial charge in [0.25, 0.3) is 0 Å². The van der Waals surface area contributed by atoms with Crippen molar-refractivity contribution in [3.8, 4) is 5.75 Å². The highest BCUT2D eigenvalue weighted by molar-refractivity contribution is 8.14. The van der Waals surface area contributed by atoms with Gasteiger partial charge in [-0.15, -0.1) is 0 Å². The van der Waals surface area contributed by atoms with E-state index in [4.69, 9.17) is 4.74 Å². The van der Waals surface area contributed by atoms with E-state index in [1.165, 1.54) is 0 Å². The summed E-state index contributed by atoms with van der Waals surface area (Å²) in [6.45, 7) is -0.180. The quantitative estimate of drug-likeness (QED) is 0.252. The molecule has 0 atom stereocenters. The van der Waals surface area contributed by atoms with Gasteiger partial charge >= 0.3 is 25.5 Å². The molecule has 0 aromatic heterocycles. The van der Waals surface area contributed by atoms with E-state index in [9.17, 15) is 43.5 Å². The van der Waals surface area contributed by atoms with E-state index in [2.05, 4.69) is 10.7 Å². The van der Waals surface area contributed by atoms with Crippen molar-refractivity contribution in [3.05, 3.63) is 59.7 Å². The Morgan fingerprint density at radius 2 is 1.43 bits per heavy atom. The lowest BCUT2D eigenvalue weighted by molar-refractivity contribution is -0.239. The van der Waals surface area contributed by atoms with Crippen molar-refractivity contribution in [2.45, 2.75) is 27.9 Å². The second kappa shape index (κ2) is 8.42. The van der Waals surface area contributed by atoms with E-state index in [1.54, 1.807) is 30.3 Å². The molecule has 2 aromatic rings. The minimum absolute atomic E-state index is 0.180. The Bertz CT molecular complexity index is 993. The van der Waals surface area contributed by atoms with Crippen LogP contribution < -0.4 is 4.74 Å². The molecule has 14 heteroatoms. The first-order chi connectivity index (χ1) is 13.6. The number of benzene rings is 2. The fourth-order valence-corrected chi connectivity index (χ4v) is 3.59. The smallest absolute Gasteiger partial charge is 0.428 e. The third-order valence-electron chi connectivity index (χ3n) is 3.49. The molecule has 2 aromatic carbocycles. The highest BCUT2D eigenvalue weighted by Crippen LogP contribution is 2.56.